The summed E-state index contributed by atoms with van der Waals surface area (Å²) < 4.78 is 0. The van der Waals surface area contributed by atoms with Crippen molar-refractivity contribution in [3.63, 3.8) is 0 Å². The molecule has 0 unspecified atom stereocenters. The van der Waals surface area contributed by atoms with Gasteiger partial charge in [-0.2, -0.15) is 11.8 Å². The second kappa shape index (κ2) is 3.67. The van der Waals surface area contributed by atoms with Crippen molar-refractivity contribution in [2.75, 3.05) is 6.26 Å². The zero-order chi connectivity index (χ0) is 8.27. The van der Waals surface area contributed by atoms with Gasteiger partial charge < -0.3 is 5.11 Å². The van der Waals surface area contributed by atoms with Gasteiger partial charge in [0.25, 0.3) is 0 Å². The zero-order valence-electron chi connectivity index (χ0n) is 6.79. The van der Waals surface area contributed by atoms with Gasteiger partial charge in [0.2, 0.25) is 0 Å². The monoisotopic (exact) mass is 168 g/mol. The lowest BCUT2D eigenvalue weighted by molar-refractivity contribution is 0.470. The van der Waals surface area contributed by atoms with Gasteiger partial charge in [-0.05, 0) is 19.2 Å². The highest BCUT2D eigenvalue weighted by atomic mass is 32.2. The van der Waals surface area contributed by atoms with Crippen LogP contribution in [0.15, 0.2) is 18.2 Å². The summed E-state index contributed by atoms with van der Waals surface area (Å²) in [5.74, 6) is 1.29. The molecule has 1 aromatic rings. The van der Waals surface area contributed by atoms with Gasteiger partial charge in [0.05, 0.1) is 0 Å². The predicted molar refractivity (Wildman–Crippen MR) is 50.1 cm³/mol. The first-order chi connectivity index (χ1) is 5.24. The molecule has 1 aromatic carbocycles. The third kappa shape index (κ3) is 2.15. The van der Waals surface area contributed by atoms with E-state index >= 15 is 0 Å². The Morgan fingerprint density at radius 1 is 1.45 bits per heavy atom. The molecule has 0 spiro atoms. The second-order valence-corrected chi connectivity index (χ2v) is 3.43. The van der Waals surface area contributed by atoms with Crippen LogP contribution in [0.4, 0.5) is 0 Å². The molecule has 0 bridgehead atoms. The van der Waals surface area contributed by atoms with E-state index in [0.717, 1.165) is 11.3 Å². The molecule has 2 heteroatoms. The Labute approximate surface area is 71.4 Å². The minimum absolute atomic E-state index is 0.407. The SMILES string of the molecule is CSCc1cc(C)ccc1O. The fourth-order valence-corrected chi connectivity index (χ4v) is 1.53. The van der Waals surface area contributed by atoms with Crippen molar-refractivity contribution >= 4 is 11.8 Å². The molecule has 0 aliphatic heterocycles. The number of aromatic hydroxyl groups is 1. The fourth-order valence-electron chi connectivity index (χ4n) is 0.985. The first kappa shape index (κ1) is 8.47. The highest BCUT2D eigenvalue weighted by Gasteiger charge is 1.98. The van der Waals surface area contributed by atoms with Crippen LogP contribution >= 0.6 is 11.8 Å². The molecule has 0 aliphatic carbocycles. The molecule has 0 heterocycles. The van der Waals surface area contributed by atoms with Crippen molar-refractivity contribution in [3.8, 4) is 5.75 Å². The number of rotatable bonds is 2. The third-order valence-corrected chi connectivity index (χ3v) is 2.13. The fraction of sp³-hybridized carbons (Fsp3) is 0.333. The van der Waals surface area contributed by atoms with Crippen LogP contribution in [-0.4, -0.2) is 11.4 Å². The van der Waals surface area contributed by atoms with Gasteiger partial charge in [-0.1, -0.05) is 17.7 Å². The van der Waals surface area contributed by atoms with Crippen LogP contribution in [0.25, 0.3) is 0 Å². The Kier molecular flexibility index (Phi) is 2.83. The largest absolute Gasteiger partial charge is 0.508 e. The van der Waals surface area contributed by atoms with Crippen LogP contribution in [0.5, 0.6) is 5.75 Å². The molecule has 1 N–H and O–H groups in total. The van der Waals surface area contributed by atoms with E-state index in [4.69, 9.17) is 0 Å². The van der Waals surface area contributed by atoms with E-state index in [9.17, 15) is 5.11 Å². The van der Waals surface area contributed by atoms with Crippen LogP contribution in [-0.2, 0) is 5.75 Å². The first-order valence-corrected chi connectivity index (χ1v) is 4.91. The molecule has 0 aromatic heterocycles. The molecule has 0 atom stereocenters. The average Bonchev–Trinajstić information content (AvgIpc) is 1.98. The normalized spacial score (nSPS) is 10.0. The van der Waals surface area contributed by atoms with E-state index in [0.29, 0.717) is 5.75 Å². The molecule has 1 nitrogen and oxygen atoms in total. The zero-order valence-corrected chi connectivity index (χ0v) is 7.61. The first-order valence-electron chi connectivity index (χ1n) is 3.51. The minimum Gasteiger partial charge on any atom is -0.508 e. The molecule has 60 valence electrons. The molecular formula is C9H12OS. The van der Waals surface area contributed by atoms with Crippen molar-refractivity contribution in [1.82, 2.24) is 0 Å². The summed E-state index contributed by atoms with van der Waals surface area (Å²) in [4.78, 5) is 0. The molecule has 11 heavy (non-hydrogen) atoms. The summed E-state index contributed by atoms with van der Waals surface area (Å²) >= 11 is 1.72. The number of benzene rings is 1. The van der Waals surface area contributed by atoms with Crippen LogP contribution in [0.2, 0.25) is 0 Å². The van der Waals surface area contributed by atoms with E-state index in [-0.39, 0.29) is 0 Å². The van der Waals surface area contributed by atoms with Gasteiger partial charge in [0.1, 0.15) is 5.75 Å². The smallest absolute Gasteiger partial charge is 0.119 e. The maximum absolute atomic E-state index is 9.35. The highest BCUT2D eigenvalue weighted by molar-refractivity contribution is 7.97. The lowest BCUT2D eigenvalue weighted by Gasteiger charge is -2.02. The van der Waals surface area contributed by atoms with Crippen molar-refractivity contribution in [2.24, 2.45) is 0 Å². The minimum atomic E-state index is 0.407. The summed E-state index contributed by atoms with van der Waals surface area (Å²) in [7, 11) is 0. The lowest BCUT2D eigenvalue weighted by Crippen LogP contribution is -1.82. The number of thioether (sulfide) groups is 1. The maximum atomic E-state index is 9.35. The quantitative estimate of drug-likeness (QED) is 0.732. The van der Waals surface area contributed by atoms with E-state index in [1.807, 2.05) is 25.3 Å². The Morgan fingerprint density at radius 3 is 2.82 bits per heavy atom. The van der Waals surface area contributed by atoms with Crippen molar-refractivity contribution < 1.29 is 5.11 Å². The van der Waals surface area contributed by atoms with E-state index in [2.05, 4.69) is 0 Å². The predicted octanol–water partition coefficient (Wildman–Crippen LogP) is 2.56. The van der Waals surface area contributed by atoms with E-state index < -0.39 is 0 Å². The number of phenolic OH excluding ortho intramolecular Hbond substituents is 1. The van der Waals surface area contributed by atoms with Gasteiger partial charge in [-0.15, -0.1) is 0 Å². The average molecular weight is 168 g/mol. The molecule has 0 aliphatic rings. The number of hydrogen-bond donors (Lipinski definition) is 1. The molecule has 1 rings (SSSR count). The summed E-state index contributed by atoms with van der Waals surface area (Å²) in [5, 5.41) is 9.35. The van der Waals surface area contributed by atoms with Crippen LogP contribution in [0.3, 0.4) is 0 Å². The Bertz CT molecular complexity index is 245. The molecule has 0 fully saturated rings. The van der Waals surface area contributed by atoms with Gasteiger partial charge >= 0.3 is 0 Å². The Morgan fingerprint density at radius 2 is 2.18 bits per heavy atom. The summed E-state index contributed by atoms with van der Waals surface area (Å²) in [6, 6.07) is 5.69. The van der Waals surface area contributed by atoms with Gasteiger partial charge in [-0.3, -0.25) is 0 Å². The van der Waals surface area contributed by atoms with Crippen molar-refractivity contribution in [2.45, 2.75) is 12.7 Å². The summed E-state index contributed by atoms with van der Waals surface area (Å²) in [6.07, 6.45) is 2.03. The highest BCUT2D eigenvalue weighted by Crippen LogP contribution is 2.21. The third-order valence-electron chi connectivity index (χ3n) is 1.53. The van der Waals surface area contributed by atoms with Crippen molar-refractivity contribution in [1.29, 1.82) is 0 Å². The topological polar surface area (TPSA) is 20.2 Å². The Hall–Kier alpha value is -0.630. The standard InChI is InChI=1S/C9H12OS/c1-7-3-4-9(10)8(5-7)6-11-2/h3-5,10H,6H2,1-2H3. The molecule has 0 saturated heterocycles. The Balaban J connectivity index is 2.93. The number of aryl methyl sites for hydroxylation is 1. The van der Waals surface area contributed by atoms with Gasteiger partial charge in [-0.25, -0.2) is 0 Å². The van der Waals surface area contributed by atoms with Gasteiger partial charge in [0, 0.05) is 11.3 Å². The number of phenols is 1. The van der Waals surface area contributed by atoms with Crippen LogP contribution in [0, 0.1) is 6.92 Å². The molecule has 0 radical (unpaired) electrons. The molecular weight excluding hydrogens is 156 g/mol. The summed E-state index contributed by atoms with van der Waals surface area (Å²) in [6.45, 7) is 2.03. The van der Waals surface area contributed by atoms with Crippen molar-refractivity contribution in [3.05, 3.63) is 29.3 Å². The number of hydrogen-bond acceptors (Lipinski definition) is 2. The molecule has 0 amide bonds. The summed E-state index contributed by atoms with van der Waals surface area (Å²) in [5.41, 5.74) is 2.23. The lowest BCUT2D eigenvalue weighted by atomic mass is 10.1. The van der Waals surface area contributed by atoms with E-state index in [1.165, 1.54) is 5.56 Å². The second-order valence-electron chi connectivity index (χ2n) is 2.57. The van der Waals surface area contributed by atoms with Crippen LogP contribution in [0.1, 0.15) is 11.1 Å². The maximum Gasteiger partial charge on any atom is 0.119 e. The van der Waals surface area contributed by atoms with Gasteiger partial charge in [0.15, 0.2) is 0 Å². The van der Waals surface area contributed by atoms with Crippen LogP contribution < -0.4 is 0 Å². The van der Waals surface area contributed by atoms with E-state index in [1.54, 1.807) is 17.8 Å². The molecule has 0 saturated carbocycles.